The summed E-state index contributed by atoms with van der Waals surface area (Å²) in [4.78, 5) is 0. The highest BCUT2D eigenvalue weighted by Gasteiger charge is 2.26. The molecule has 3 nitrogen and oxygen atoms in total. The summed E-state index contributed by atoms with van der Waals surface area (Å²) in [6.07, 6.45) is 0.122. The summed E-state index contributed by atoms with van der Waals surface area (Å²) in [7, 11) is 1.68. The zero-order chi connectivity index (χ0) is 12.4. The molecule has 2 unspecified atom stereocenters. The quantitative estimate of drug-likeness (QED) is 0.882. The summed E-state index contributed by atoms with van der Waals surface area (Å²) < 4.78 is 11.1. The van der Waals surface area contributed by atoms with Crippen LogP contribution in [0.1, 0.15) is 24.1 Å². The summed E-state index contributed by atoms with van der Waals surface area (Å²) in [6.45, 7) is 5.64. The smallest absolute Gasteiger partial charge is 0.124 e. The Morgan fingerprint density at radius 2 is 2.24 bits per heavy atom. The number of benzene rings is 1. The molecule has 0 radical (unpaired) electrons. The van der Waals surface area contributed by atoms with Gasteiger partial charge in [-0.1, -0.05) is 11.6 Å². The summed E-state index contributed by atoms with van der Waals surface area (Å²) in [5, 5.41) is 4.21. The highest BCUT2D eigenvalue weighted by molar-refractivity contribution is 6.31. The molecular weight excluding hydrogens is 238 g/mol. The van der Waals surface area contributed by atoms with E-state index in [1.54, 1.807) is 7.11 Å². The van der Waals surface area contributed by atoms with Crippen molar-refractivity contribution in [2.45, 2.75) is 26.0 Å². The van der Waals surface area contributed by atoms with Crippen LogP contribution in [0.3, 0.4) is 0 Å². The lowest BCUT2D eigenvalue weighted by Crippen LogP contribution is -2.40. The zero-order valence-corrected chi connectivity index (χ0v) is 11.2. The minimum Gasteiger partial charge on any atom is -0.496 e. The third-order valence-electron chi connectivity index (χ3n) is 3.16. The number of halogens is 1. The Labute approximate surface area is 107 Å². The van der Waals surface area contributed by atoms with E-state index in [0.717, 1.165) is 35.1 Å². The van der Waals surface area contributed by atoms with E-state index in [4.69, 9.17) is 21.1 Å². The molecule has 2 rings (SSSR count). The highest BCUT2D eigenvalue weighted by Crippen LogP contribution is 2.34. The first-order valence-electron chi connectivity index (χ1n) is 5.82. The summed E-state index contributed by atoms with van der Waals surface area (Å²) in [5.74, 6) is 0.863. The van der Waals surface area contributed by atoms with Crippen molar-refractivity contribution in [3.05, 3.63) is 28.3 Å². The Kier molecular flexibility index (Phi) is 3.92. The molecule has 1 heterocycles. The number of ether oxygens (including phenoxy) is 2. The van der Waals surface area contributed by atoms with Gasteiger partial charge in [-0.05, 0) is 31.5 Å². The fourth-order valence-electron chi connectivity index (χ4n) is 2.17. The number of hydrogen-bond acceptors (Lipinski definition) is 3. The van der Waals surface area contributed by atoms with Crippen LogP contribution in [0.2, 0.25) is 5.02 Å². The van der Waals surface area contributed by atoms with Gasteiger partial charge < -0.3 is 14.8 Å². The number of hydrogen-bond donors (Lipinski definition) is 1. The first-order chi connectivity index (χ1) is 8.13. The van der Waals surface area contributed by atoms with Gasteiger partial charge in [-0.2, -0.15) is 0 Å². The van der Waals surface area contributed by atoms with E-state index in [1.807, 2.05) is 19.1 Å². The van der Waals surface area contributed by atoms with Crippen LogP contribution in [0.4, 0.5) is 0 Å². The zero-order valence-electron chi connectivity index (χ0n) is 10.4. The predicted molar refractivity (Wildman–Crippen MR) is 68.9 cm³/mol. The van der Waals surface area contributed by atoms with Gasteiger partial charge in [-0.25, -0.2) is 0 Å². The molecule has 4 heteroatoms. The summed E-state index contributed by atoms with van der Waals surface area (Å²) in [6, 6.07) is 4.08. The summed E-state index contributed by atoms with van der Waals surface area (Å²) in [5.41, 5.74) is 2.09. The molecule has 0 aliphatic carbocycles. The minimum atomic E-state index is 0.122. The maximum absolute atomic E-state index is 6.19. The normalized spacial score (nSPS) is 24.7. The molecule has 1 fully saturated rings. The van der Waals surface area contributed by atoms with E-state index in [1.165, 1.54) is 0 Å². The molecule has 0 spiro atoms. The van der Waals surface area contributed by atoms with E-state index in [0.29, 0.717) is 0 Å². The molecular formula is C13H18ClNO2. The van der Waals surface area contributed by atoms with E-state index in [9.17, 15) is 0 Å². The van der Waals surface area contributed by atoms with Gasteiger partial charge in [0.2, 0.25) is 0 Å². The second-order valence-corrected chi connectivity index (χ2v) is 4.76. The number of methoxy groups -OCH3 is 1. The van der Waals surface area contributed by atoms with Gasteiger partial charge in [0.1, 0.15) is 5.75 Å². The molecule has 1 aromatic rings. The van der Waals surface area contributed by atoms with Gasteiger partial charge in [-0.15, -0.1) is 0 Å². The van der Waals surface area contributed by atoms with Gasteiger partial charge in [0, 0.05) is 17.1 Å². The van der Waals surface area contributed by atoms with E-state index in [-0.39, 0.29) is 12.1 Å². The monoisotopic (exact) mass is 255 g/mol. The van der Waals surface area contributed by atoms with Gasteiger partial charge in [0.15, 0.2) is 0 Å². The first-order valence-corrected chi connectivity index (χ1v) is 6.20. The molecule has 1 aliphatic rings. The maximum atomic E-state index is 6.19. The average Bonchev–Trinajstić information content (AvgIpc) is 2.33. The third kappa shape index (κ3) is 2.57. The number of morpholine rings is 1. The molecule has 1 saturated heterocycles. The molecule has 0 amide bonds. The van der Waals surface area contributed by atoms with Crippen molar-refractivity contribution in [1.29, 1.82) is 0 Å². The number of rotatable bonds is 2. The minimum absolute atomic E-state index is 0.122. The fourth-order valence-corrected chi connectivity index (χ4v) is 2.35. The van der Waals surface area contributed by atoms with Gasteiger partial charge >= 0.3 is 0 Å². The lowest BCUT2D eigenvalue weighted by Gasteiger charge is -2.31. The first kappa shape index (κ1) is 12.7. The van der Waals surface area contributed by atoms with Crippen LogP contribution >= 0.6 is 11.6 Å². The highest BCUT2D eigenvalue weighted by atomic mass is 35.5. The van der Waals surface area contributed by atoms with Crippen LogP contribution < -0.4 is 10.1 Å². The van der Waals surface area contributed by atoms with Crippen molar-refractivity contribution in [2.24, 2.45) is 0 Å². The molecule has 17 heavy (non-hydrogen) atoms. The second kappa shape index (κ2) is 5.25. The Bertz CT molecular complexity index is 409. The van der Waals surface area contributed by atoms with Gasteiger partial charge in [0.05, 0.1) is 25.9 Å². The molecule has 0 bridgehead atoms. The van der Waals surface area contributed by atoms with Crippen LogP contribution in [0.5, 0.6) is 5.75 Å². The third-order valence-corrected chi connectivity index (χ3v) is 3.57. The van der Waals surface area contributed by atoms with Crippen molar-refractivity contribution < 1.29 is 9.47 Å². The van der Waals surface area contributed by atoms with Crippen molar-refractivity contribution in [3.8, 4) is 5.75 Å². The number of nitrogens with one attached hydrogen (secondary N) is 1. The van der Waals surface area contributed by atoms with Crippen LogP contribution in [0.15, 0.2) is 12.1 Å². The summed E-state index contributed by atoms with van der Waals surface area (Å²) >= 11 is 6.19. The Morgan fingerprint density at radius 3 is 2.88 bits per heavy atom. The van der Waals surface area contributed by atoms with Crippen LogP contribution in [-0.4, -0.2) is 26.4 Å². The van der Waals surface area contributed by atoms with Crippen LogP contribution in [0.25, 0.3) is 0 Å². The number of aryl methyl sites for hydroxylation is 1. The molecule has 94 valence electrons. The van der Waals surface area contributed by atoms with Crippen LogP contribution in [-0.2, 0) is 4.74 Å². The maximum Gasteiger partial charge on any atom is 0.124 e. The SMILES string of the molecule is COc1cc(C)c(Cl)cc1C1NCCOC1C. The van der Waals surface area contributed by atoms with Crippen LogP contribution in [0, 0.1) is 6.92 Å². The van der Waals surface area contributed by atoms with E-state index < -0.39 is 0 Å². The average molecular weight is 256 g/mol. The predicted octanol–water partition coefficient (Wildman–Crippen LogP) is 2.71. The molecule has 0 saturated carbocycles. The second-order valence-electron chi connectivity index (χ2n) is 4.35. The van der Waals surface area contributed by atoms with Crippen molar-refractivity contribution >= 4 is 11.6 Å². The Morgan fingerprint density at radius 1 is 1.47 bits per heavy atom. The lowest BCUT2D eigenvalue weighted by molar-refractivity contribution is 0.00695. The van der Waals surface area contributed by atoms with Crippen molar-refractivity contribution in [2.75, 3.05) is 20.3 Å². The molecule has 1 N–H and O–H groups in total. The largest absolute Gasteiger partial charge is 0.496 e. The van der Waals surface area contributed by atoms with Gasteiger partial charge in [-0.3, -0.25) is 0 Å². The molecule has 0 aromatic heterocycles. The Hall–Kier alpha value is -0.770. The fraction of sp³-hybridized carbons (Fsp3) is 0.538. The van der Waals surface area contributed by atoms with Crippen molar-refractivity contribution in [1.82, 2.24) is 5.32 Å². The Balaban J connectivity index is 2.38. The molecule has 2 atom stereocenters. The molecule has 1 aromatic carbocycles. The van der Waals surface area contributed by atoms with E-state index in [2.05, 4.69) is 12.2 Å². The lowest BCUT2D eigenvalue weighted by atomic mass is 9.98. The van der Waals surface area contributed by atoms with Crippen molar-refractivity contribution in [3.63, 3.8) is 0 Å². The van der Waals surface area contributed by atoms with E-state index >= 15 is 0 Å². The molecule has 1 aliphatic heterocycles. The van der Waals surface area contributed by atoms with Gasteiger partial charge in [0.25, 0.3) is 0 Å². The standard InChI is InChI=1S/C13H18ClNO2/c1-8-6-12(16-3)10(7-11(8)14)13-9(2)17-5-4-15-13/h6-7,9,13,15H,4-5H2,1-3H3. The topological polar surface area (TPSA) is 30.5 Å².